The Bertz CT molecular complexity index is 703. The van der Waals surface area contributed by atoms with Crippen LogP contribution in [0.4, 0.5) is 5.69 Å². The lowest BCUT2D eigenvalue weighted by Crippen LogP contribution is -2.52. The van der Waals surface area contributed by atoms with Crippen molar-refractivity contribution >= 4 is 21.5 Å². The van der Waals surface area contributed by atoms with Crippen molar-refractivity contribution in [3.05, 3.63) is 23.8 Å². The van der Waals surface area contributed by atoms with E-state index in [9.17, 15) is 13.2 Å². The van der Waals surface area contributed by atoms with Gasteiger partial charge < -0.3 is 15.4 Å². The molecule has 0 saturated heterocycles. The van der Waals surface area contributed by atoms with Gasteiger partial charge in [0.05, 0.1) is 23.3 Å². The number of hydrogen-bond acceptors (Lipinski definition) is 7. The largest absolute Gasteiger partial charge is 0.467 e. The minimum absolute atomic E-state index is 0.168. The Kier molecular flexibility index (Phi) is 4.61. The van der Waals surface area contributed by atoms with E-state index >= 15 is 0 Å². The van der Waals surface area contributed by atoms with Crippen LogP contribution in [0.1, 0.15) is 12.5 Å². The number of esters is 1. The molecule has 1 rings (SSSR count). The Hall–Kier alpha value is -2.11. The van der Waals surface area contributed by atoms with Crippen LogP contribution in [0.3, 0.4) is 0 Å². The first-order chi connectivity index (χ1) is 9.59. The van der Waals surface area contributed by atoms with Crippen LogP contribution in [-0.4, -0.2) is 40.5 Å². The Morgan fingerprint density at radius 3 is 2.43 bits per heavy atom. The van der Waals surface area contributed by atoms with Crippen molar-refractivity contribution in [1.82, 2.24) is 0 Å². The minimum atomic E-state index is -4.19. The van der Waals surface area contributed by atoms with Gasteiger partial charge in [-0.1, -0.05) is 0 Å². The lowest BCUT2D eigenvalue weighted by Gasteiger charge is -2.22. The predicted molar refractivity (Wildman–Crippen MR) is 77.3 cm³/mol. The highest BCUT2D eigenvalue weighted by Gasteiger charge is 2.45. The molecule has 1 atom stereocenters. The monoisotopic (exact) mass is 311 g/mol. The summed E-state index contributed by atoms with van der Waals surface area (Å²) in [6.45, 7) is 1.06. The molecule has 0 saturated carbocycles. The van der Waals surface area contributed by atoms with E-state index in [-0.39, 0.29) is 10.5 Å². The summed E-state index contributed by atoms with van der Waals surface area (Å²) in [6, 6.07) is 5.90. The van der Waals surface area contributed by atoms with Gasteiger partial charge in [-0.3, -0.25) is 0 Å². The Morgan fingerprint density at radius 2 is 2.00 bits per heavy atom. The summed E-state index contributed by atoms with van der Waals surface area (Å²) < 4.78 is 29.3. The van der Waals surface area contributed by atoms with Crippen LogP contribution in [0.15, 0.2) is 23.1 Å². The second-order valence-corrected chi connectivity index (χ2v) is 7.11. The van der Waals surface area contributed by atoms with Gasteiger partial charge in [-0.15, -0.1) is 0 Å². The Labute approximate surface area is 123 Å². The summed E-state index contributed by atoms with van der Waals surface area (Å²) in [5.74, 6) is -1.07. The number of methoxy groups -OCH3 is 1. The minimum Gasteiger partial charge on any atom is -0.467 e. The van der Waals surface area contributed by atoms with Gasteiger partial charge in [0, 0.05) is 14.1 Å². The number of hydrogen-bond donors (Lipinski definition) is 1. The fraction of sp³-hybridized carbons (Fsp3) is 0.385. The molecule has 7 nitrogen and oxygen atoms in total. The van der Waals surface area contributed by atoms with Crippen molar-refractivity contribution in [2.45, 2.75) is 16.7 Å². The average Bonchev–Trinajstić information content (AvgIpc) is 2.44. The van der Waals surface area contributed by atoms with Crippen LogP contribution in [-0.2, 0) is 19.4 Å². The number of nitrogens with zero attached hydrogens (tertiary/aromatic N) is 2. The first-order valence-corrected chi connectivity index (χ1v) is 7.41. The number of carbonyl (C=O) groups excluding carboxylic acids is 1. The summed E-state index contributed by atoms with van der Waals surface area (Å²) in [6.07, 6.45) is 0. The fourth-order valence-corrected chi connectivity index (χ4v) is 3.03. The molecular weight excluding hydrogens is 294 g/mol. The van der Waals surface area contributed by atoms with Gasteiger partial charge in [-0.25, -0.2) is 13.2 Å². The molecule has 21 heavy (non-hydrogen) atoms. The molecule has 1 aromatic rings. The van der Waals surface area contributed by atoms with E-state index in [2.05, 4.69) is 4.74 Å². The van der Waals surface area contributed by atoms with Crippen molar-refractivity contribution < 1.29 is 17.9 Å². The van der Waals surface area contributed by atoms with E-state index in [0.29, 0.717) is 5.69 Å². The number of nitrogens with two attached hydrogens (primary N) is 1. The van der Waals surface area contributed by atoms with Gasteiger partial charge in [-0.05, 0) is 25.1 Å². The topological polar surface area (TPSA) is 113 Å². The third-order valence-corrected chi connectivity index (χ3v) is 5.19. The maximum Gasteiger partial charge on any atom is 0.341 e. The summed E-state index contributed by atoms with van der Waals surface area (Å²) in [4.78, 5) is 10.8. The van der Waals surface area contributed by atoms with Crippen molar-refractivity contribution in [3.63, 3.8) is 0 Å². The number of anilines is 1. The van der Waals surface area contributed by atoms with Crippen molar-refractivity contribution in [2.75, 3.05) is 26.1 Å². The number of benzene rings is 1. The normalized spacial score (nSPS) is 13.9. The zero-order chi connectivity index (χ0) is 16.4. The van der Waals surface area contributed by atoms with E-state index in [1.165, 1.54) is 18.2 Å². The van der Waals surface area contributed by atoms with Gasteiger partial charge in [-0.2, -0.15) is 5.26 Å². The van der Waals surface area contributed by atoms with Gasteiger partial charge in [0.1, 0.15) is 6.07 Å². The molecule has 0 aliphatic rings. The molecule has 0 amide bonds. The molecule has 8 heteroatoms. The number of carbonyl (C=O) groups is 1. The molecule has 1 unspecified atom stereocenters. The Balaban J connectivity index is 3.48. The second-order valence-electron chi connectivity index (χ2n) is 4.79. The van der Waals surface area contributed by atoms with Gasteiger partial charge in [0.2, 0.25) is 14.7 Å². The maximum atomic E-state index is 12.5. The quantitative estimate of drug-likeness (QED) is 0.792. The van der Waals surface area contributed by atoms with Crippen LogP contribution in [0.2, 0.25) is 0 Å². The van der Waals surface area contributed by atoms with E-state index in [1.54, 1.807) is 19.0 Å². The van der Waals surface area contributed by atoms with Crippen molar-refractivity contribution in [2.24, 2.45) is 5.73 Å². The molecule has 0 aromatic heterocycles. The predicted octanol–water partition coefficient (Wildman–Crippen LogP) is 0.246. The summed E-state index contributed by atoms with van der Waals surface area (Å²) in [5, 5.41) is 9.12. The van der Waals surface area contributed by atoms with Crippen molar-refractivity contribution in [3.8, 4) is 6.07 Å². The third-order valence-electron chi connectivity index (χ3n) is 3.03. The second kappa shape index (κ2) is 5.71. The molecule has 0 heterocycles. The molecule has 2 N–H and O–H groups in total. The van der Waals surface area contributed by atoms with E-state index in [0.717, 1.165) is 14.0 Å². The number of nitriles is 1. The number of rotatable bonds is 4. The van der Waals surface area contributed by atoms with Crippen molar-refractivity contribution in [1.29, 1.82) is 5.26 Å². The Morgan fingerprint density at radius 1 is 1.43 bits per heavy atom. The van der Waals surface area contributed by atoms with E-state index in [4.69, 9.17) is 11.0 Å². The van der Waals surface area contributed by atoms with E-state index in [1.807, 2.05) is 6.07 Å². The third kappa shape index (κ3) is 2.84. The SMILES string of the molecule is COC(=O)C(C)(N)S(=O)(=O)c1ccc(N(C)C)c(C#N)c1. The molecule has 0 aliphatic carbocycles. The first-order valence-electron chi connectivity index (χ1n) is 5.93. The summed E-state index contributed by atoms with van der Waals surface area (Å²) in [5.41, 5.74) is 6.35. The molecule has 0 radical (unpaired) electrons. The van der Waals surface area contributed by atoms with Crippen LogP contribution in [0.25, 0.3) is 0 Å². The van der Waals surface area contributed by atoms with Crippen LogP contribution in [0, 0.1) is 11.3 Å². The zero-order valence-electron chi connectivity index (χ0n) is 12.2. The van der Waals surface area contributed by atoms with Gasteiger partial charge >= 0.3 is 5.97 Å². The average molecular weight is 311 g/mol. The van der Waals surface area contributed by atoms with Crippen LogP contribution in [0.5, 0.6) is 0 Å². The smallest absolute Gasteiger partial charge is 0.341 e. The highest BCUT2D eigenvalue weighted by molar-refractivity contribution is 7.93. The molecule has 0 bridgehead atoms. The molecule has 0 fully saturated rings. The molecule has 114 valence electrons. The number of sulfone groups is 1. The fourth-order valence-electron chi connectivity index (χ4n) is 1.72. The summed E-state index contributed by atoms with van der Waals surface area (Å²) in [7, 11) is 0.319. The van der Waals surface area contributed by atoms with E-state index < -0.39 is 20.7 Å². The molecule has 1 aromatic carbocycles. The standard InChI is InChI=1S/C13H17N3O4S/c1-13(15,12(17)20-4)21(18,19)10-5-6-11(16(2)3)9(7-10)8-14/h5-7H,15H2,1-4H3. The summed E-state index contributed by atoms with van der Waals surface area (Å²) >= 11 is 0. The zero-order valence-corrected chi connectivity index (χ0v) is 13.1. The van der Waals surface area contributed by atoms with Gasteiger partial charge in [0.15, 0.2) is 0 Å². The van der Waals surface area contributed by atoms with Crippen LogP contribution < -0.4 is 10.6 Å². The molecule has 0 spiro atoms. The molecular formula is C13H17N3O4S. The number of ether oxygens (including phenoxy) is 1. The highest BCUT2D eigenvalue weighted by Crippen LogP contribution is 2.27. The molecule has 0 aliphatic heterocycles. The lowest BCUT2D eigenvalue weighted by atomic mass is 10.2. The highest BCUT2D eigenvalue weighted by atomic mass is 32.2. The van der Waals surface area contributed by atoms with Crippen LogP contribution >= 0.6 is 0 Å². The van der Waals surface area contributed by atoms with Gasteiger partial charge in [0.25, 0.3) is 0 Å². The maximum absolute atomic E-state index is 12.5. The first kappa shape index (κ1) is 16.9. The lowest BCUT2D eigenvalue weighted by molar-refractivity contribution is -0.143.